The van der Waals surface area contributed by atoms with Crippen molar-refractivity contribution < 1.29 is 4.42 Å². The van der Waals surface area contributed by atoms with E-state index in [1.165, 1.54) is 19.3 Å². The van der Waals surface area contributed by atoms with Gasteiger partial charge in [-0.2, -0.15) is 0 Å². The summed E-state index contributed by atoms with van der Waals surface area (Å²) in [5.74, 6) is 1.01. The van der Waals surface area contributed by atoms with Gasteiger partial charge in [0.15, 0.2) is 3.77 Å². The Labute approximate surface area is 111 Å². The van der Waals surface area contributed by atoms with Gasteiger partial charge < -0.3 is 4.42 Å². The Balaban J connectivity index is 1.88. The maximum absolute atomic E-state index is 5.54. The highest BCUT2D eigenvalue weighted by atomic mass is 127. The summed E-state index contributed by atoms with van der Waals surface area (Å²) in [5.41, 5.74) is 3.49. The van der Waals surface area contributed by atoms with Crippen molar-refractivity contribution in [1.29, 1.82) is 0 Å². The topological polar surface area (TPSA) is 28.4 Å². The predicted molar refractivity (Wildman–Crippen MR) is 72.9 cm³/mol. The largest absolute Gasteiger partial charge is 0.454 e. The minimum atomic E-state index is 0.623. The normalized spacial score (nSPS) is 27.2. The quantitative estimate of drug-likeness (QED) is 0.861. The molecule has 1 aliphatic rings. The van der Waals surface area contributed by atoms with Gasteiger partial charge in [-0.3, -0.25) is 0 Å². The van der Waals surface area contributed by atoms with Crippen molar-refractivity contribution in [2.45, 2.75) is 51.7 Å². The molecule has 2 atom stereocenters. The number of hydrazine groups is 1. The average Bonchev–Trinajstić information content (AvgIpc) is 2.63. The Hall–Kier alpha value is -0.0700. The Kier molecular flexibility index (Phi) is 4.27. The molecule has 0 aliphatic carbocycles. The molecule has 1 aliphatic heterocycles. The number of halogens is 1. The predicted octanol–water partition coefficient (Wildman–Crippen LogP) is 3.15. The molecular formula is C12H19IN2O. The molecular weight excluding hydrogens is 315 g/mol. The van der Waals surface area contributed by atoms with Crippen molar-refractivity contribution in [1.82, 2.24) is 10.4 Å². The lowest BCUT2D eigenvalue weighted by Crippen LogP contribution is -2.51. The second-order valence-electron chi connectivity index (χ2n) is 4.58. The number of rotatable bonds is 3. The summed E-state index contributed by atoms with van der Waals surface area (Å²) >= 11 is 2.19. The van der Waals surface area contributed by atoms with E-state index in [0.29, 0.717) is 12.1 Å². The number of nitrogens with zero attached hydrogens (tertiary/aromatic N) is 1. The summed E-state index contributed by atoms with van der Waals surface area (Å²) in [7, 11) is 0. The van der Waals surface area contributed by atoms with Gasteiger partial charge in [0.2, 0.25) is 0 Å². The Morgan fingerprint density at radius 2 is 2.06 bits per heavy atom. The van der Waals surface area contributed by atoms with Gasteiger partial charge in [-0.25, -0.2) is 10.4 Å². The highest BCUT2D eigenvalue weighted by molar-refractivity contribution is 14.1. The summed E-state index contributed by atoms with van der Waals surface area (Å²) in [6.07, 6.45) is 3.92. The van der Waals surface area contributed by atoms with Crippen LogP contribution in [-0.2, 0) is 6.54 Å². The second kappa shape index (κ2) is 5.51. The fourth-order valence-electron chi connectivity index (χ4n) is 2.35. The minimum Gasteiger partial charge on any atom is -0.454 e. The molecule has 4 heteroatoms. The Morgan fingerprint density at radius 3 is 2.62 bits per heavy atom. The Morgan fingerprint density at radius 1 is 1.38 bits per heavy atom. The first-order valence-electron chi connectivity index (χ1n) is 5.93. The summed E-state index contributed by atoms with van der Waals surface area (Å²) < 4.78 is 6.50. The summed E-state index contributed by atoms with van der Waals surface area (Å²) in [6, 6.07) is 5.28. The zero-order valence-corrected chi connectivity index (χ0v) is 12.0. The third-order valence-electron chi connectivity index (χ3n) is 3.26. The van der Waals surface area contributed by atoms with Crippen molar-refractivity contribution in [3.05, 3.63) is 21.7 Å². The van der Waals surface area contributed by atoms with Crippen LogP contribution >= 0.6 is 22.6 Å². The fraction of sp³-hybridized carbons (Fsp3) is 0.667. The molecule has 1 fully saturated rings. The van der Waals surface area contributed by atoms with Crippen LogP contribution in [-0.4, -0.2) is 17.1 Å². The number of piperidine rings is 1. The maximum atomic E-state index is 5.54. The fourth-order valence-corrected chi connectivity index (χ4v) is 2.81. The third kappa shape index (κ3) is 2.99. The van der Waals surface area contributed by atoms with E-state index in [-0.39, 0.29) is 0 Å². The number of hydrogen-bond donors (Lipinski definition) is 1. The molecule has 2 heterocycles. The Bertz CT molecular complexity index is 330. The van der Waals surface area contributed by atoms with Crippen molar-refractivity contribution >= 4 is 22.6 Å². The van der Waals surface area contributed by atoms with E-state index in [0.717, 1.165) is 16.1 Å². The summed E-state index contributed by atoms with van der Waals surface area (Å²) in [5, 5.41) is 2.37. The molecule has 16 heavy (non-hydrogen) atoms. The molecule has 0 amide bonds. The van der Waals surface area contributed by atoms with E-state index in [4.69, 9.17) is 4.42 Å². The van der Waals surface area contributed by atoms with Gasteiger partial charge in [0.1, 0.15) is 5.76 Å². The minimum absolute atomic E-state index is 0.623. The van der Waals surface area contributed by atoms with Crippen LogP contribution in [0.4, 0.5) is 0 Å². The number of furan rings is 1. The van der Waals surface area contributed by atoms with Gasteiger partial charge in [0.05, 0.1) is 6.54 Å². The van der Waals surface area contributed by atoms with Gasteiger partial charge in [0.25, 0.3) is 0 Å². The molecule has 1 saturated heterocycles. The monoisotopic (exact) mass is 334 g/mol. The van der Waals surface area contributed by atoms with Crippen LogP contribution in [0.2, 0.25) is 0 Å². The third-order valence-corrected chi connectivity index (χ3v) is 3.84. The van der Waals surface area contributed by atoms with Crippen molar-refractivity contribution in [3.63, 3.8) is 0 Å². The van der Waals surface area contributed by atoms with E-state index in [9.17, 15) is 0 Å². The second-order valence-corrected chi connectivity index (χ2v) is 5.64. The van der Waals surface area contributed by atoms with Crippen LogP contribution in [0.5, 0.6) is 0 Å². The van der Waals surface area contributed by atoms with Gasteiger partial charge >= 0.3 is 0 Å². The number of hydrogen-bond acceptors (Lipinski definition) is 3. The van der Waals surface area contributed by atoms with Gasteiger partial charge in [-0.1, -0.05) is 6.42 Å². The molecule has 1 aromatic heterocycles. The molecule has 2 unspecified atom stereocenters. The SMILES string of the molecule is CC1CCCC(C)N1NCc1ccc(I)o1. The lowest BCUT2D eigenvalue weighted by molar-refractivity contribution is 0.0410. The molecule has 2 rings (SSSR count). The summed E-state index contributed by atoms with van der Waals surface area (Å²) in [6.45, 7) is 5.36. The molecule has 0 bridgehead atoms. The highest BCUT2D eigenvalue weighted by Crippen LogP contribution is 2.20. The van der Waals surface area contributed by atoms with Crippen LogP contribution in [0.3, 0.4) is 0 Å². The molecule has 0 saturated carbocycles. The zero-order valence-electron chi connectivity index (χ0n) is 9.87. The molecule has 0 radical (unpaired) electrons. The van der Waals surface area contributed by atoms with Gasteiger partial charge in [0, 0.05) is 12.1 Å². The smallest absolute Gasteiger partial charge is 0.164 e. The first-order chi connectivity index (χ1) is 7.66. The lowest BCUT2D eigenvalue weighted by atomic mass is 10.00. The summed E-state index contributed by atoms with van der Waals surface area (Å²) in [4.78, 5) is 0. The molecule has 90 valence electrons. The van der Waals surface area contributed by atoms with Crippen molar-refractivity contribution in [3.8, 4) is 0 Å². The van der Waals surface area contributed by atoms with Crippen LogP contribution in [0.1, 0.15) is 38.9 Å². The first kappa shape index (κ1) is 12.4. The maximum Gasteiger partial charge on any atom is 0.164 e. The number of nitrogens with one attached hydrogen (secondary N) is 1. The van der Waals surface area contributed by atoms with Crippen molar-refractivity contribution in [2.75, 3.05) is 0 Å². The molecule has 1 N–H and O–H groups in total. The first-order valence-corrected chi connectivity index (χ1v) is 7.00. The van der Waals surface area contributed by atoms with E-state index in [2.05, 4.69) is 46.9 Å². The molecule has 3 nitrogen and oxygen atoms in total. The van der Waals surface area contributed by atoms with Crippen LogP contribution < -0.4 is 5.43 Å². The van der Waals surface area contributed by atoms with Gasteiger partial charge in [-0.05, 0) is 61.4 Å². The molecule has 0 spiro atoms. The van der Waals surface area contributed by atoms with Crippen LogP contribution in [0.15, 0.2) is 16.5 Å². The van der Waals surface area contributed by atoms with E-state index >= 15 is 0 Å². The van der Waals surface area contributed by atoms with Crippen LogP contribution in [0, 0.1) is 3.77 Å². The van der Waals surface area contributed by atoms with Crippen molar-refractivity contribution in [2.24, 2.45) is 0 Å². The van der Waals surface area contributed by atoms with Crippen LogP contribution in [0.25, 0.3) is 0 Å². The molecule has 0 aromatic carbocycles. The van der Waals surface area contributed by atoms with E-state index in [1.807, 2.05) is 12.1 Å². The molecule has 1 aromatic rings. The van der Waals surface area contributed by atoms with E-state index < -0.39 is 0 Å². The van der Waals surface area contributed by atoms with E-state index in [1.54, 1.807) is 0 Å². The highest BCUT2D eigenvalue weighted by Gasteiger charge is 2.24. The zero-order chi connectivity index (χ0) is 11.5. The van der Waals surface area contributed by atoms with Gasteiger partial charge in [-0.15, -0.1) is 0 Å². The average molecular weight is 334 g/mol. The standard InChI is InChI=1S/C12H19IN2O/c1-9-4-3-5-10(2)15(9)14-8-11-6-7-12(13)16-11/h6-7,9-10,14H,3-5,8H2,1-2H3. The lowest BCUT2D eigenvalue weighted by Gasteiger charge is -2.38.